The Kier molecular flexibility index (Phi) is 4.81. The number of carbonyl (C=O) groups excluding carboxylic acids is 1. The molecule has 1 atom stereocenters. The maximum absolute atomic E-state index is 12.5. The van der Waals surface area contributed by atoms with Gasteiger partial charge in [-0.25, -0.2) is 8.42 Å². The fourth-order valence-corrected chi connectivity index (χ4v) is 5.37. The molecule has 1 aromatic carbocycles. The van der Waals surface area contributed by atoms with Crippen molar-refractivity contribution in [2.75, 3.05) is 13.1 Å². The summed E-state index contributed by atoms with van der Waals surface area (Å²) in [5.74, 6) is -0.197. The second-order valence-corrected chi connectivity index (χ2v) is 8.15. The summed E-state index contributed by atoms with van der Waals surface area (Å²) >= 11 is 6.57. The normalized spacial score (nSPS) is 21.3. The number of benzene rings is 1. The maximum atomic E-state index is 12.5. The van der Waals surface area contributed by atoms with Gasteiger partial charge in [-0.05, 0) is 47.0 Å². The van der Waals surface area contributed by atoms with Gasteiger partial charge in [0.15, 0.2) is 0 Å². The Hall–Kier alpha value is -0.240. The number of nitrogens with zero attached hydrogens (tertiary/aromatic N) is 1. The van der Waals surface area contributed by atoms with Crippen LogP contribution >= 0.6 is 31.9 Å². The minimum absolute atomic E-state index is 0.197. The molecule has 0 saturated carbocycles. The van der Waals surface area contributed by atoms with Crippen molar-refractivity contribution in [3.63, 3.8) is 0 Å². The Morgan fingerprint density at radius 1 is 1.32 bits per heavy atom. The van der Waals surface area contributed by atoms with Crippen LogP contribution in [0.2, 0.25) is 0 Å². The molecular formula is C12H13Br2NO3S. The number of aldehydes is 1. The molecule has 0 aliphatic carbocycles. The molecule has 0 N–H and O–H groups in total. The van der Waals surface area contributed by atoms with Crippen LogP contribution in [0.25, 0.3) is 0 Å². The molecule has 0 spiro atoms. The van der Waals surface area contributed by atoms with Gasteiger partial charge in [0, 0.05) is 28.0 Å². The zero-order valence-electron chi connectivity index (χ0n) is 10.1. The van der Waals surface area contributed by atoms with Gasteiger partial charge in [-0.15, -0.1) is 0 Å². The summed E-state index contributed by atoms with van der Waals surface area (Å²) in [5.41, 5.74) is 0. The summed E-state index contributed by atoms with van der Waals surface area (Å²) < 4.78 is 27.8. The molecule has 104 valence electrons. The molecule has 0 radical (unpaired) electrons. The lowest BCUT2D eigenvalue weighted by atomic mass is 10.0. The monoisotopic (exact) mass is 409 g/mol. The van der Waals surface area contributed by atoms with Crippen molar-refractivity contribution >= 4 is 48.2 Å². The second kappa shape index (κ2) is 6.03. The standard InChI is InChI=1S/C12H13Br2NO3S/c13-10-3-4-12(11(14)6-10)19(17,18)15-5-1-2-9(7-15)8-16/h3-4,6,8-9H,1-2,5,7H2. The minimum atomic E-state index is -3.55. The van der Waals surface area contributed by atoms with E-state index in [1.807, 2.05) is 0 Å². The minimum Gasteiger partial charge on any atom is -0.303 e. The number of rotatable bonds is 3. The lowest BCUT2D eigenvalue weighted by Gasteiger charge is -2.29. The van der Waals surface area contributed by atoms with Crippen LogP contribution in [0.4, 0.5) is 0 Å². The topological polar surface area (TPSA) is 54.5 Å². The van der Waals surface area contributed by atoms with E-state index >= 15 is 0 Å². The summed E-state index contributed by atoms with van der Waals surface area (Å²) in [6, 6.07) is 4.96. The highest BCUT2D eigenvalue weighted by Crippen LogP contribution is 2.30. The Bertz CT molecular complexity index is 589. The third kappa shape index (κ3) is 3.26. The number of halogens is 2. The average molecular weight is 411 g/mol. The summed E-state index contributed by atoms with van der Waals surface area (Å²) in [7, 11) is -3.55. The number of piperidine rings is 1. The van der Waals surface area contributed by atoms with E-state index in [4.69, 9.17) is 0 Å². The van der Waals surface area contributed by atoms with Gasteiger partial charge in [0.2, 0.25) is 10.0 Å². The Morgan fingerprint density at radius 2 is 2.05 bits per heavy atom. The van der Waals surface area contributed by atoms with Crippen molar-refractivity contribution in [3.8, 4) is 0 Å². The average Bonchev–Trinajstić information content (AvgIpc) is 2.38. The molecule has 2 rings (SSSR count). The predicted molar refractivity (Wildman–Crippen MR) is 79.4 cm³/mol. The van der Waals surface area contributed by atoms with Gasteiger partial charge in [0.05, 0.1) is 4.90 Å². The van der Waals surface area contributed by atoms with E-state index in [0.29, 0.717) is 11.0 Å². The first-order valence-corrected chi connectivity index (χ1v) is 8.88. The molecule has 0 aromatic heterocycles. The molecule has 1 fully saturated rings. The van der Waals surface area contributed by atoms with E-state index in [-0.39, 0.29) is 17.4 Å². The van der Waals surface area contributed by atoms with E-state index in [1.54, 1.807) is 18.2 Å². The molecule has 1 aromatic rings. The van der Waals surface area contributed by atoms with E-state index in [0.717, 1.165) is 23.6 Å². The summed E-state index contributed by atoms with van der Waals surface area (Å²) in [4.78, 5) is 11.1. The fraction of sp³-hybridized carbons (Fsp3) is 0.417. The zero-order chi connectivity index (χ0) is 14.0. The van der Waals surface area contributed by atoms with Crippen molar-refractivity contribution in [2.45, 2.75) is 17.7 Å². The zero-order valence-corrected chi connectivity index (χ0v) is 14.0. The fourth-order valence-electron chi connectivity index (χ4n) is 2.13. The van der Waals surface area contributed by atoms with Crippen molar-refractivity contribution in [3.05, 3.63) is 27.1 Å². The quantitative estimate of drug-likeness (QED) is 0.720. The van der Waals surface area contributed by atoms with Gasteiger partial charge < -0.3 is 4.79 Å². The largest absolute Gasteiger partial charge is 0.303 e. The first kappa shape index (κ1) is 15.2. The van der Waals surface area contributed by atoms with E-state index in [1.165, 1.54) is 4.31 Å². The van der Waals surface area contributed by atoms with Gasteiger partial charge >= 0.3 is 0 Å². The predicted octanol–water partition coefficient (Wildman–Crippen LogP) is 2.81. The van der Waals surface area contributed by atoms with Crippen LogP contribution in [0, 0.1) is 5.92 Å². The van der Waals surface area contributed by atoms with Crippen LogP contribution in [-0.2, 0) is 14.8 Å². The van der Waals surface area contributed by atoms with Gasteiger partial charge in [-0.2, -0.15) is 4.31 Å². The smallest absolute Gasteiger partial charge is 0.244 e. The molecule has 1 unspecified atom stereocenters. The highest BCUT2D eigenvalue weighted by molar-refractivity contribution is 9.11. The molecule has 1 saturated heterocycles. The molecule has 1 aliphatic heterocycles. The second-order valence-electron chi connectivity index (χ2n) is 4.48. The van der Waals surface area contributed by atoms with Crippen LogP contribution in [-0.4, -0.2) is 32.1 Å². The summed E-state index contributed by atoms with van der Waals surface area (Å²) in [5, 5.41) is 0. The molecule has 1 aliphatic rings. The first-order chi connectivity index (χ1) is 8.95. The summed E-state index contributed by atoms with van der Waals surface area (Å²) in [6.45, 7) is 0.740. The molecule has 0 bridgehead atoms. The molecular weight excluding hydrogens is 398 g/mol. The van der Waals surface area contributed by atoms with Crippen molar-refractivity contribution in [1.29, 1.82) is 0 Å². The lowest BCUT2D eigenvalue weighted by molar-refractivity contribution is -0.112. The maximum Gasteiger partial charge on any atom is 0.244 e. The highest BCUT2D eigenvalue weighted by Gasteiger charge is 2.31. The third-order valence-corrected chi connectivity index (χ3v) is 6.46. The van der Waals surface area contributed by atoms with Gasteiger partial charge in [-0.3, -0.25) is 0 Å². The number of sulfonamides is 1. The van der Waals surface area contributed by atoms with E-state index in [2.05, 4.69) is 31.9 Å². The van der Waals surface area contributed by atoms with Crippen LogP contribution < -0.4 is 0 Å². The Labute approximate surface area is 129 Å². The number of hydrogen-bond donors (Lipinski definition) is 0. The van der Waals surface area contributed by atoms with Gasteiger partial charge in [-0.1, -0.05) is 15.9 Å². The van der Waals surface area contributed by atoms with Crippen LogP contribution in [0.1, 0.15) is 12.8 Å². The van der Waals surface area contributed by atoms with Crippen molar-refractivity contribution < 1.29 is 13.2 Å². The molecule has 4 nitrogen and oxygen atoms in total. The van der Waals surface area contributed by atoms with E-state index in [9.17, 15) is 13.2 Å². The number of hydrogen-bond acceptors (Lipinski definition) is 3. The lowest BCUT2D eigenvalue weighted by Crippen LogP contribution is -2.40. The highest BCUT2D eigenvalue weighted by atomic mass is 79.9. The molecule has 1 heterocycles. The summed E-state index contributed by atoms with van der Waals surface area (Å²) in [6.07, 6.45) is 2.33. The van der Waals surface area contributed by atoms with Crippen molar-refractivity contribution in [2.24, 2.45) is 5.92 Å². The molecule has 19 heavy (non-hydrogen) atoms. The van der Waals surface area contributed by atoms with Crippen LogP contribution in [0.15, 0.2) is 32.0 Å². The number of carbonyl (C=O) groups is 1. The van der Waals surface area contributed by atoms with E-state index < -0.39 is 10.0 Å². The Morgan fingerprint density at radius 3 is 2.68 bits per heavy atom. The van der Waals surface area contributed by atoms with Crippen LogP contribution in [0.3, 0.4) is 0 Å². The van der Waals surface area contributed by atoms with Gasteiger partial charge in [0.1, 0.15) is 6.29 Å². The first-order valence-electron chi connectivity index (χ1n) is 5.85. The van der Waals surface area contributed by atoms with Crippen LogP contribution in [0.5, 0.6) is 0 Å². The third-order valence-electron chi connectivity index (χ3n) is 3.12. The SMILES string of the molecule is O=CC1CCCN(S(=O)(=O)c2ccc(Br)cc2Br)C1. The molecule has 0 amide bonds. The van der Waals surface area contributed by atoms with Gasteiger partial charge in [0.25, 0.3) is 0 Å². The van der Waals surface area contributed by atoms with Crippen molar-refractivity contribution in [1.82, 2.24) is 4.31 Å². The molecule has 7 heteroatoms. The Balaban J connectivity index is 2.33.